The number of hydrogen-bond donors (Lipinski definition) is 1. The zero-order valence-electron chi connectivity index (χ0n) is 6.70. The van der Waals surface area contributed by atoms with Gasteiger partial charge in [0.25, 0.3) is 0 Å². The van der Waals surface area contributed by atoms with Crippen molar-refractivity contribution in [1.82, 2.24) is 0 Å². The molecule has 0 heterocycles. The number of rotatable bonds is 1. The van der Waals surface area contributed by atoms with Gasteiger partial charge in [-0.15, -0.1) is 0 Å². The molecule has 0 saturated carbocycles. The van der Waals surface area contributed by atoms with Crippen molar-refractivity contribution >= 4 is 55.1 Å². The Bertz CT molecular complexity index is 331. The van der Waals surface area contributed by atoms with Crippen LogP contribution in [0.2, 0.25) is 5.02 Å². The lowest BCUT2D eigenvalue weighted by atomic mass is 10.3. The number of hydrogen-bond acceptors (Lipinski definition) is 1. The van der Waals surface area contributed by atoms with E-state index in [1.807, 2.05) is 6.07 Å². The van der Waals surface area contributed by atoms with Gasteiger partial charge in [0.1, 0.15) is 0 Å². The Hall–Kier alpha value is -0.0600. The number of benzene rings is 1. The van der Waals surface area contributed by atoms with Crippen LogP contribution in [-0.2, 0) is 4.79 Å². The Morgan fingerprint density at radius 3 is 2.54 bits per heavy atom. The van der Waals surface area contributed by atoms with Crippen LogP contribution in [-0.4, -0.2) is 5.91 Å². The van der Waals surface area contributed by atoms with Crippen LogP contribution in [0.25, 0.3) is 0 Å². The summed E-state index contributed by atoms with van der Waals surface area (Å²) in [5.74, 6) is -0.148. The van der Waals surface area contributed by atoms with Gasteiger partial charge in [0.15, 0.2) is 0 Å². The third-order valence-electron chi connectivity index (χ3n) is 1.31. The van der Waals surface area contributed by atoms with Crippen molar-refractivity contribution in [2.75, 3.05) is 5.32 Å². The van der Waals surface area contributed by atoms with E-state index in [2.05, 4.69) is 37.2 Å². The van der Waals surface area contributed by atoms with Gasteiger partial charge in [-0.2, -0.15) is 0 Å². The fraction of sp³-hybridized carbons (Fsp3) is 0.125. The summed E-state index contributed by atoms with van der Waals surface area (Å²) < 4.78 is 1.61. The second kappa shape index (κ2) is 4.44. The molecule has 1 rings (SSSR count). The van der Waals surface area contributed by atoms with E-state index in [1.165, 1.54) is 6.92 Å². The van der Waals surface area contributed by atoms with Crippen molar-refractivity contribution in [3.05, 3.63) is 26.1 Å². The maximum Gasteiger partial charge on any atom is 0.221 e. The molecule has 1 N–H and O–H groups in total. The highest BCUT2D eigenvalue weighted by Gasteiger charge is 2.07. The lowest BCUT2D eigenvalue weighted by Gasteiger charge is -2.07. The van der Waals surface area contributed by atoms with Gasteiger partial charge in [0.05, 0.1) is 10.7 Å². The second-order valence-electron chi connectivity index (χ2n) is 2.43. The fourth-order valence-corrected chi connectivity index (χ4v) is 2.67. The first-order chi connectivity index (χ1) is 6.00. The average Bonchev–Trinajstić information content (AvgIpc) is 1.96. The predicted octanol–water partition coefficient (Wildman–Crippen LogP) is 3.82. The van der Waals surface area contributed by atoms with Crippen molar-refractivity contribution in [2.45, 2.75) is 6.92 Å². The zero-order valence-corrected chi connectivity index (χ0v) is 10.6. The highest BCUT2D eigenvalue weighted by atomic mass is 79.9. The van der Waals surface area contributed by atoms with E-state index in [-0.39, 0.29) is 5.91 Å². The minimum atomic E-state index is -0.148. The molecule has 0 bridgehead atoms. The van der Waals surface area contributed by atoms with Crippen LogP contribution < -0.4 is 5.32 Å². The largest absolute Gasteiger partial charge is 0.324 e. The quantitative estimate of drug-likeness (QED) is 0.835. The molecule has 2 nitrogen and oxygen atoms in total. The third kappa shape index (κ3) is 2.97. The van der Waals surface area contributed by atoms with Crippen LogP contribution in [0.5, 0.6) is 0 Å². The lowest BCUT2D eigenvalue weighted by Crippen LogP contribution is -2.06. The highest BCUT2D eigenvalue weighted by Crippen LogP contribution is 2.33. The highest BCUT2D eigenvalue weighted by molar-refractivity contribution is 9.11. The van der Waals surface area contributed by atoms with E-state index in [0.717, 1.165) is 8.95 Å². The molecule has 5 heteroatoms. The van der Waals surface area contributed by atoms with Gasteiger partial charge < -0.3 is 5.32 Å². The number of halogens is 3. The molecule has 0 aliphatic rings. The van der Waals surface area contributed by atoms with Crippen molar-refractivity contribution in [1.29, 1.82) is 0 Å². The number of amides is 1. The Labute approximate surface area is 97.9 Å². The molecule has 70 valence electrons. The van der Waals surface area contributed by atoms with Crippen LogP contribution in [0.4, 0.5) is 5.69 Å². The smallest absolute Gasteiger partial charge is 0.221 e. The van der Waals surface area contributed by atoms with E-state index in [9.17, 15) is 4.79 Å². The molecule has 0 aliphatic heterocycles. The van der Waals surface area contributed by atoms with Gasteiger partial charge in [-0.25, -0.2) is 0 Å². The summed E-state index contributed by atoms with van der Waals surface area (Å²) in [6.07, 6.45) is 0. The summed E-state index contributed by atoms with van der Waals surface area (Å²) in [6, 6.07) is 3.54. The monoisotopic (exact) mass is 325 g/mol. The first-order valence-electron chi connectivity index (χ1n) is 3.43. The number of nitrogens with one attached hydrogen (secondary N) is 1. The van der Waals surface area contributed by atoms with Crippen molar-refractivity contribution in [3.63, 3.8) is 0 Å². The Balaban J connectivity index is 3.13. The molecule has 1 aromatic rings. The molecule has 0 unspecified atom stereocenters. The van der Waals surface area contributed by atoms with Crippen LogP contribution >= 0.6 is 43.5 Å². The van der Waals surface area contributed by atoms with Crippen molar-refractivity contribution in [2.24, 2.45) is 0 Å². The summed E-state index contributed by atoms with van der Waals surface area (Å²) in [7, 11) is 0. The van der Waals surface area contributed by atoms with E-state index in [0.29, 0.717) is 10.7 Å². The Morgan fingerprint density at radius 1 is 1.46 bits per heavy atom. The Kier molecular flexibility index (Phi) is 3.76. The average molecular weight is 327 g/mol. The van der Waals surface area contributed by atoms with Crippen molar-refractivity contribution in [3.8, 4) is 0 Å². The number of carbonyl (C=O) groups is 1. The molecule has 0 fully saturated rings. The van der Waals surface area contributed by atoms with Crippen LogP contribution in [0.15, 0.2) is 21.1 Å². The first-order valence-corrected chi connectivity index (χ1v) is 5.39. The number of carbonyl (C=O) groups excluding carboxylic acids is 1. The van der Waals surface area contributed by atoms with E-state index in [1.54, 1.807) is 6.07 Å². The molecule has 0 saturated heterocycles. The van der Waals surface area contributed by atoms with E-state index < -0.39 is 0 Å². The molecule has 0 aromatic heterocycles. The van der Waals surface area contributed by atoms with Gasteiger partial charge in [0, 0.05) is 15.9 Å². The first kappa shape index (κ1) is 11.0. The second-order valence-corrected chi connectivity index (χ2v) is 4.60. The summed E-state index contributed by atoms with van der Waals surface area (Å²) in [5, 5.41) is 3.13. The summed E-state index contributed by atoms with van der Waals surface area (Å²) in [5.41, 5.74) is 0.595. The van der Waals surface area contributed by atoms with Gasteiger partial charge in [-0.05, 0) is 28.1 Å². The molecule has 0 radical (unpaired) electrons. The summed E-state index contributed by atoms with van der Waals surface area (Å²) in [6.45, 7) is 1.44. The van der Waals surface area contributed by atoms with Crippen LogP contribution in [0.1, 0.15) is 6.92 Å². The van der Waals surface area contributed by atoms with Gasteiger partial charge >= 0.3 is 0 Å². The third-order valence-corrected chi connectivity index (χ3v) is 2.69. The minimum absolute atomic E-state index is 0.148. The van der Waals surface area contributed by atoms with E-state index in [4.69, 9.17) is 11.6 Å². The normalized spacial score (nSPS) is 9.85. The van der Waals surface area contributed by atoms with Crippen LogP contribution in [0.3, 0.4) is 0 Å². The predicted molar refractivity (Wildman–Crippen MR) is 61.2 cm³/mol. The molecule has 1 aromatic carbocycles. The molecule has 1 amide bonds. The summed E-state index contributed by atoms with van der Waals surface area (Å²) in [4.78, 5) is 10.8. The lowest BCUT2D eigenvalue weighted by molar-refractivity contribution is -0.114. The van der Waals surface area contributed by atoms with Gasteiger partial charge in [-0.1, -0.05) is 27.5 Å². The maximum atomic E-state index is 10.8. The standard InChI is InChI=1S/C8H6Br2ClNO/c1-4(13)12-8-6(10)2-5(9)3-7(8)11/h2-3H,1H3,(H,12,13). The molecule has 0 atom stereocenters. The maximum absolute atomic E-state index is 10.8. The molecule has 13 heavy (non-hydrogen) atoms. The Morgan fingerprint density at radius 2 is 2.08 bits per heavy atom. The van der Waals surface area contributed by atoms with Crippen molar-refractivity contribution < 1.29 is 4.79 Å². The summed E-state index contributed by atoms with van der Waals surface area (Å²) >= 11 is 12.5. The zero-order chi connectivity index (χ0) is 10.0. The molecular weight excluding hydrogens is 321 g/mol. The van der Waals surface area contributed by atoms with Crippen LogP contribution in [0, 0.1) is 0 Å². The molecule has 0 aliphatic carbocycles. The fourth-order valence-electron chi connectivity index (χ4n) is 0.838. The van der Waals surface area contributed by atoms with Gasteiger partial charge in [0.2, 0.25) is 5.91 Å². The SMILES string of the molecule is CC(=O)Nc1c(Cl)cc(Br)cc1Br. The molecule has 0 spiro atoms. The van der Waals surface area contributed by atoms with E-state index >= 15 is 0 Å². The van der Waals surface area contributed by atoms with Gasteiger partial charge in [-0.3, -0.25) is 4.79 Å². The molecular formula is C8H6Br2ClNO. The minimum Gasteiger partial charge on any atom is -0.324 e. The number of anilines is 1. The topological polar surface area (TPSA) is 29.1 Å².